The van der Waals surface area contributed by atoms with E-state index in [9.17, 15) is 18.0 Å². The lowest BCUT2D eigenvalue weighted by Gasteiger charge is -2.02. The fourth-order valence-electron chi connectivity index (χ4n) is 1.45. The molecular formula is C10H5F3O3. The summed E-state index contributed by atoms with van der Waals surface area (Å²) in [5.41, 5.74) is -1.51. The Morgan fingerprint density at radius 1 is 1.31 bits per heavy atom. The molecule has 0 aliphatic carbocycles. The van der Waals surface area contributed by atoms with E-state index < -0.39 is 17.7 Å². The van der Waals surface area contributed by atoms with Crippen molar-refractivity contribution in [2.75, 3.05) is 0 Å². The smallest absolute Gasteiger partial charge is 0.420 e. The number of hydrogen-bond acceptors (Lipinski definition) is 2. The van der Waals surface area contributed by atoms with E-state index in [-0.39, 0.29) is 16.5 Å². The van der Waals surface area contributed by atoms with Crippen LogP contribution in [0.4, 0.5) is 13.2 Å². The summed E-state index contributed by atoms with van der Waals surface area (Å²) in [4.78, 5) is 10.7. The van der Waals surface area contributed by atoms with E-state index >= 15 is 0 Å². The monoisotopic (exact) mass is 230 g/mol. The van der Waals surface area contributed by atoms with Crippen LogP contribution in [0.5, 0.6) is 0 Å². The third-order valence-corrected chi connectivity index (χ3v) is 2.14. The maximum Gasteiger partial charge on any atom is 0.420 e. The summed E-state index contributed by atoms with van der Waals surface area (Å²) in [6.07, 6.45) is -4.03. The molecule has 6 heteroatoms. The number of hydrogen-bond donors (Lipinski definition) is 1. The van der Waals surface area contributed by atoms with Gasteiger partial charge in [0, 0.05) is 5.39 Å². The van der Waals surface area contributed by atoms with Gasteiger partial charge in [-0.15, -0.1) is 0 Å². The molecular weight excluding hydrogens is 225 g/mol. The topological polar surface area (TPSA) is 50.4 Å². The van der Waals surface area contributed by atoms with Crippen molar-refractivity contribution >= 4 is 16.9 Å². The number of carboxylic acid groups (broad SMARTS) is 1. The van der Waals surface area contributed by atoms with Gasteiger partial charge >= 0.3 is 12.1 Å². The van der Waals surface area contributed by atoms with Gasteiger partial charge in [-0.05, 0) is 6.07 Å². The molecule has 0 bridgehead atoms. The lowest BCUT2D eigenvalue weighted by Crippen LogP contribution is -2.03. The highest BCUT2D eigenvalue weighted by Gasteiger charge is 2.35. The summed E-state index contributed by atoms with van der Waals surface area (Å²) >= 11 is 0. The van der Waals surface area contributed by atoms with Crippen molar-refractivity contribution in [3.8, 4) is 0 Å². The predicted molar refractivity (Wildman–Crippen MR) is 48.2 cm³/mol. The first-order valence-corrected chi connectivity index (χ1v) is 4.22. The van der Waals surface area contributed by atoms with E-state index in [4.69, 9.17) is 5.11 Å². The minimum Gasteiger partial charge on any atom is -0.478 e. The molecule has 2 rings (SSSR count). The first-order chi connectivity index (χ1) is 7.41. The van der Waals surface area contributed by atoms with Crippen molar-refractivity contribution in [1.29, 1.82) is 0 Å². The van der Waals surface area contributed by atoms with Crippen LogP contribution in [0.25, 0.3) is 11.0 Å². The molecule has 0 aliphatic heterocycles. The van der Waals surface area contributed by atoms with Crippen LogP contribution >= 0.6 is 0 Å². The SMILES string of the molecule is O=C(O)c1cccc2c(C(F)(F)F)coc12. The van der Waals surface area contributed by atoms with Crippen LogP contribution in [0.2, 0.25) is 0 Å². The molecule has 1 aromatic heterocycles. The first kappa shape index (κ1) is 10.5. The van der Waals surface area contributed by atoms with Crippen molar-refractivity contribution in [3.63, 3.8) is 0 Å². The number of para-hydroxylation sites is 1. The summed E-state index contributed by atoms with van der Waals surface area (Å²) in [6.45, 7) is 0. The molecule has 0 spiro atoms. The number of alkyl halides is 3. The van der Waals surface area contributed by atoms with E-state index in [2.05, 4.69) is 4.42 Å². The minimum atomic E-state index is -4.55. The molecule has 0 saturated carbocycles. The molecule has 0 amide bonds. The molecule has 0 saturated heterocycles. The summed E-state index contributed by atoms with van der Waals surface area (Å²) in [5.74, 6) is -1.33. The average Bonchev–Trinajstić information content (AvgIpc) is 2.59. The third-order valence-electron chi connectivity index (χ3n) is 2.14. The molecule has 1 N–H and O–H groups in total. The van der Waals surface area contributed by atoms with Gasteiger partial charge in [0.2, 0.25) is 0 Å². The number of carbonyl (C=O) groups is 1. The molecule has 3 nitrogen and oxygen atoms in total. The van der Waals surface area contributed by atoms with Crippen LogP contribution in [0.3, 0.4) is 0 Å². The molecule has 0 radical (unpaired) electrons. The van der Waals surface area contributed by atoms with E-state index in [0.29, 0.717) is 6.26 Å². The summed E-state index contributed by atoms with van der Waals surface area (Å²) in [7, 11) is 0. The number of furan rings is 1. The molecule has 0 atom stereocenters. The zero-order valence-electron chi connectivity index (χ0n) is 7.71. The highest BCUT2D eigenvalue weighted by atomic mass is 19.4. The lowest BCUT2D eigenvalue weighted by atomic mass is 10.1. The van der Waals surface area contributed by atoms with Gasteiger partial charge in [-0.1, -0.05) is 12.1 Å². The maximum atomic E-state index is 12.5. The fourth-order valence-corrected chi connectivity index (χ4v) is 1.45. The quantitative estimate of drug-likeness (QED) is 0.818. The van der Waals surface area contributed by atoms with Gasteiger partial charge in [-0.25, -0.2) is 4.79 Å². The van der Waals surface area contributed by atoms with Gasteiger partial charge in [-0.2, -0.15) is 13.2 Å². The lowest BCUT2D eigenvalue weighted by molar-refractivity contribution is -0.136. The number of halogens is 3. The highest BCUT2D eigenvalue weighted by molar-refractivity contribution is 6.01. The molecule has 16 heavy (non-hydrogen) atoms. The van der Waals surface area contributed by atoms with Crippen molar-refractivity contribution in [1.82, 2.24) is 0 Å². The number of aromatic carboxylic acids is 1. The van der Waals surface area contributed by atoms with Crippen LogP contribution in [0.15, 0.2) is 28.9 Å². The molecule has 2 aromatic rings. The van der Waals surface area contributed by atoms with Crippen LogP contribution in [0.1, 0.15) is 15.9 Å². The Balaban J connectivity index is 2.76. The number of carboxylic acids is 1. The van der Waals surface area contributed by atoms with E-state index in [1.807, 2.05) is 0 Å². The average molecular weight is 230 g/mol. The van der Waals surface area contributed by atoms with Crippen LogP contribution in [-0.2, 0) is 6.18 Å². The summed E-state index contributed by atoms with van der Waals surface area (Å²) in [5, 5.41) is 8.51. The normalized spacial score (nSPS) is 11.9. The molecule has 1 aromatic carbocycles. The van der Waals surface area contributed by atoms with E-state index in [1.54, 1.807) is 0 Å². The van der Waals surface area contributed by atoms with Crippen LogP contribution < -0.4 is 0 Å². The van der Waals surface area contributed by atoms with E-state index in [0.717, 1.165) is 0 Å². The Kier molecular flexibility index (Phi) is 2.15. The molecule has 84 valence electrons. The van der Waals surface area contributed by atoms with Gasteiger partial charge < -0.3 is 9.52 Å². The Morgan fingerprint density at radius 2 is 2.00 bits per heavy atom. The first-order valence-electron chi connectivity index (χ1n) is 4.22. The van der Waals surface area contributed by atoms with Gasteiger partial charge in [0.15, 0.2) is 0 Å². The van der Waals surface area contributed by atoms with E-state index in [1.165, 1.54) is 18.2 Å². The van der Waals surface area contributed by atoms with Crippen LogP contribution in [0, 0.1) is 0 Å². The minimum absolute atomic E-state index is 0.243. The highest BCUT2D eigenvalue weighted by Crippen LogP contribution is 2.36. The van der Waals surface area contributed by atoms with Gasteiger partial charge in [0.1, 0.15) is 23.0 Å². The molecule has 0 fully saturated rings. The van der Waals surface area contributed by atoms with Gasteiger partial charge in [-0.3, -0.25) is 0 Å². The Labute approximate surface area is 87.1 Å². The second kappa shape index (κ2) is 3.26. The predicted octanol–water partition coefficient (Wildman–Crippen LogP) is 3.15. The Morgan fingerprint density at radius 3 is 2.56 bits per heavy atom. The largest absolute Gasteiger partial charge is 0.478 e. The molecule has 0 unspecified atom stereocenters. The standard InChI is InChI=1S/C10H5F3O3/c11-10(12,13)7-4-16-8-5(7)2-1-3-6(8)9(14)15/h1-4H,(H,14,15). The van der Waals surface area contributed by atoms with Gasteiger partial charge in [0.25, 0.3) is 0 Å². The molecule has 0 aliphatic rings. The summed E-state index contributed by atoms with van der Waals surface area (Å²) in [6, 6.07) is 3.61. The van der Waals surface area contributed by atoms with Crippen molar-refractivity contribution in [2.24, 2.45) is 0 Å². The second-order valence-electron chi connectivity index (χ2n) is 3.13. The summed E-state index contributed by atoms with van der Waals surface area (Å²) < 4.78 is 42.1. The Hall–Kier alpha value is -1.98. The Bertz CT molecular complexity index is 554. The van der Waals surface area contributed by atoms with Crippen molar-refractivity contribution in [2.45, 2.75) is 6.18 Å². The molecule has 1 heterocycles. The van der Waals surface area contributed by atoms with Crippen LogP contribution in [-0.4, -0.2) is 11.1 Å². The zero-order valence-corrected chi connectivity index (χ0v) is 7.71. The zero-order chi connectivity index (χ0) is 11.9. The maximum absolute atomic E-state index is 12.5. The fraction of sp³-hybridized carbons (Fsp3) is 0.100. The van der Waals surface area contributed by atoms with Crippen molar-refractivity contribution < 1.29 is 27.5 Å². The number of benzene rings is 1. The third kappa shape index (κ3) is 1.52. The second-order valence-corrected chi connectivity index (χ2v) is 3.13. The van der Waals surface area contributed by atoms with Gasteiger partial charge in [0.05, 0.1) is 0 Å². The number of fused-ring (bicyclic) bond motifs is 1. The number of rotatable bonds is 1. The van der Waals surface area contributed by atoms with Crippen molar-refractivity contribution in [3.05, 3.63) is 35.6 Å².